The van der Waals surface area contributed by atoms with Gasteiger partial charge in [0, 0.05) is 55.9 Å². The molecule has 2 aromatic rings. The number of nitrogens with two attached hydrogens (primary N) is 2. The maximum Gasteiger partial charge on any atom is 0.237 e. The van der Waals surface area contributed by atoms with Gasteiger partial charge < -0.3 is 16.4 Å². The minimum atomic E-state index is -0.461. The number of nitrogens with zero attached hydrogens (tertiary/aromatic N) is 5. The summed E-state index contributed by atoms with van der Waals surface area (Å²) in [5.74, 6) is 1.03. The van der Waals surface area contributed by atoms with E-state index >= 15 is 0 Å². The van der Waals surface area contributed by atoms with Crippen LogP contribution in [0.4, 0.5) is 11.8 Å². The molecule has 1 saturated carbocycles. The highest BCUT2D eigenvalue weighted by atomic mass is 16.1. The zero-order chi connectivity index (χ0) is 19.6. The Morgan fingerprint density at radius 2 is 1.54 bits per heavy atom. The van der Waals surface area contributed by atoms with Crippen LogP contribution in [0.3, 0.4) is 0 Å². The van der Waals surface area contributed by atoms with Crippen molar-refractivity contribution in [1.29, 1.82) is 0 Å². The number of rotatable bonds is 4. The molecule has 1 saturated heterocycles. The number of primary amides is 1. The highest BCUT2D eigenvalue weighted by Crippen LogP contribution is 2.34. The van der Waals surface area contributed by atoms with Crippen LogP contribution in [0.15, 0.2) is 30.7 Å². The van der Waals surface area contributed by atoms with Gasteiger partial charge >= 0.3 is 0 Å². The third-order valence-corrected chi connectivity index (χ3v) is 6.07. The van der Waals surface area contributed by atoms with E-state index in [1.807, 2.05) is 18.5 Å². The third-order valence-electron chi connectivity index (χ3n) is 6.07. The highest BCUT2D eigenvalue weighted by molar-refractivity contribution is 5.84. The van der Waals surface area contributed by atoms with Gasteiger partial charge in [0.1, 0.15) is 11.4 Å². The first-order valence-corrected chi connectivity index (χ1v) is 9.92. The molecule has 2 aromatic heterocycles. The lowest BCUT2D eigenvalue weighted by molar-refractivity contribution is -0.133. The molecule has 0 radical (unpaired) electrons. The first-order valence-electron chi connectivity index (χ1n) is 9.92. The molecule has 1 aliphatic carbocycles. The molecule has 28 heavy (non-hydrogen) atoms. The van der Waals surface area contributed by atoms with E-state index in [1.54, 1.807) is 12.3 Å². The number of amides is 1. The van der Waals surface area contributed by atoms with Crippen LogP contribution in [-0.4, -0.2) is 57.5 Å². The minimum Gasteiger partial charge on any atom is -0.384 e. The molecular formula is C20H27N7O. The number of nitrogen functional groups attached to an aromatic ring is 1. The largest absolute Gasteiger partial charge is 0.384 e. The van der Waals surface area contributed by atoms with Gasteiger partial charge in [-0.1, -0.05) is 19.3 Å². The fourth-order valence-electron chi connectivity index (χ4n) is 4.40. The molecule has 1 amide bonds. The second-order valence-electron chi connectivity index (χ2n) is 7.67. The summed E-state index contributed by atoms with van der Waals surface area (Å²) < 4.78 is 0. The molecule has 1 aliphatic heterocycles. The van der Waals surface area contributed by atoms with Crippen molar-refractivity contribution in [3.63, 3.8) is 0 Å². The van der Waals surface area contributed by atoms with Crippen molar-refractivity contribution in [1.82, 2.24) is 19.9 Å². The van der Waals surface area contributed by atoms with Crippen molar-refractivity contribution >= 4 is 17.7 Å². The number of pyridine rings is 1. The van der Waals surface area contributed by atoms with Gasteiger partial charge in [0.25, 0.3) is 0 Å². The molecule has 8 nitrogen and oxygen atoms in total. The Labute approximate surface area is 165 Å². The molecule has 4 rings (SSSR count). The predicted molar refractivity (Wildman–Crippen MR) is 108 cm³/mol. The number of carbonyl (C=O) groups is 1. The fourth-order valence-corrected chi connectivity index (χ4v) is 4.40. The smallest absolute Gasteiger partial charge is 0.237 e. The van der Waals surface area contributed by atoms with Crippen LogP contribution in [0.25, 0.3) is 11.1 Å². The van der Waals surface area contributed by atoms with Crippen molar-refractivity contribution in [2.24, 2.45) is 5.73 Å². The maximum atomic E-state index is 12.2. The first kappa shape index (κ1) is 18.6. The van der Waals surface area contributed by atoms with Crippen molar-refractivity contribution in [2.75, 3.05) is 36.8 Å². The second-order valence-corrected chi connectivity index (χ2v) is 7.67. The Morgan fingerprint density at radius 3 is 2.11 bits per heavy atom. The SMILES string of the molecule is NC(=O)C1(N2CCN(c3ncc(-c4ccc(N)nc4)cn3)CC2)CCCCC1. The van der Waals surface area contributed by atoms with Crippen molar-refractivity contribution < 1.29 is 4.79 Å². The van der Waals surface area contributed by atoms with Crippen LogP contribution >= 0.6 is 0 Å². The van der Waals surface area contributed by atoms with Gasteiger partial charge in [0.15, 0.2) is 0 Å². The third kappa shape index (κ3) is 3.52. The lowest BCUT2D eigenvalue weighted by Crippen LogP contribution is -2.63. The quantitative estimate of drug-likeness (QED) is 0.823. The Hall–Kier alpha value is -2.74. The Morgan fingerprint density at radius 1 is 0.893 bits per heavy atom. The lowest BCUT2D eigenvalue weighted by Gasteiger charge is -2.47. The summed E-state index contributed by atoms with van der Waals surface area (Å²) >= 11 is 0. The van der Waals surface area contributed by atoms with E-state index in [9.17, 15) is 4.79 Å². The van der Waals surface area contributed by atoms with Crippen LogP contribution in [-0.2, 0) is 4.79 Å². The molecule has 0 aromatic carbocycles. The van der Waals surface area contributed by atoms with Crippen LogP contribution in [0.1, 0.15) is 32.1 Å². The van der Waals surface area contributed by atoms with Gasteiger partial charge in [-0.15, -0.1) is 0 Å². The number of anilines is 2. The van der Waals surface area contributed by atoms with Crippen LogP contribution in [0.2, 0.25) is 0 Å². The second kappa shape index (κ2) is 7.71. The topological polar surface area (TPSA) is 114 Å². The number of hydrogen-bond acceptors (Lipinski definition) is 7. The van der Waals surface area contributed by atoms with E-state index in [4.69, 9.17) is 11.5 Å². The van der Waals surface area contributed by atoms with E-state index < -0.39 is 5.54 Å². The summed E-state index contributed by atoms with van der Waals surface area (Å²) in [6, 6.07) is 3.68. The average Bonchev–Trinajstić information content (AvgIpc) is 2.75. The zero-order valence-corrected chi connectivity index (χ0v) is 16.0. The van der Waals surface area contributed by atoms with Gasteiger partial charge in [-0.05, 0) is 25.0 Å². The molecule has 0 spiro atoms. The van der Waals surface area contributed by atoms with E-state index in [2.05, 4.69) is 24.8 Å². The molecule has 8 heteroatoms. The standard InChI is InChI=1S/C20H27N7O/c21-17-5-4-15(12-23-17)16-13-24-19(25-14-16)26-8-10-27(11-9-26)20(18(22)28)6-2-1-3-7-20/h4-5,12-14H,1-3,6-11H2,(H2,21,23)(H2,22,28). The molecule has 0 atom stereocenters. The van der Waals surface area contributed by atoms with E-state index in [0.29, 0.717) is 11.8 Å². The summed E-state index contributed by atoms with van der Waals surface area (Å²) in [4.78, 5) is 29.9. The Bertz CT molecular complexity index is 807. The summed E-state index contributed by atoms with van der Waals surface area (Å²) in [5.41, 5.74) is 12.8. The number of carbonyl (C=O) groups excluding carboxylic acids is 1. The number of piperazine rings is 1. The monoisotopic (exact) mass is 381 g/mol. The predicted octanol–water partition coefficient (Wildman–Crippen LogP) is 1.43. The maximum absolute atomic E-state index is 12.2. The van der Waals surface area contributed by atoms with Crippen LogP contribution in [0.5, 0.6) is 0 Å². The van der Waals surface area contributed by atoms with E-state index in [0.717, 1.165) is 63.0 Å². The van der Waals surface area contributed by atoms with Gasteiger partial charge in [0.05, 0.1) is 0 Å². The molecule has 2 aliphatic rings. The molecular weight excluding hydrogens is 354 g/mol. The fraction of sp³-hybridized carbons (Fsp3) is 0.500. The van der Waals surface area contributed by atoms with Gasteiger partial charge in [-0.25, -0.2) is 15.0 Å². The van der Waals surface area contributed by atoms with E-state index in [-0.39, 0.29) is 5.91 Å². The zero-order valence-electron chi connectivity index (χ0n) is 16.0. The van der Waals surface area contributed by atoms with Crippen LogP contribution in [0, 0.1) is 0 Å². The van der Waals surface area contributed by atoms with Gasteiger partial charge in [-0.2, -0.15) is 0 Å². The number of hydrogen-bond donors (Lipinski definition) is 2. The first-order chi connectivity index (χ1) is 13.6. The molecule has 148 valence electrons. The molecule has 4 N–H and O–H groups in total. The average molecular weight is 381 g/mol. The summed E-state index contributed by atoms with van der Waals surface area (Å²) in [5, 5.41) is 0. The van der Waals surface area contributed by atoms with Crippen LogP contribution < -0.4 is 16.4 Å². The Kier molecular flexibility index (Phi) is 5.13. The summed E-state index contributed by atoms with van der Waals surface area (Å²) in [6.07, 6.45) is 10.5. The molecule has 0 unspecified atom stereocenters. The minimum absolute atomic E-state index is 0.168. The molecule has 0 bridgehead atoms. The van der Waals surface area contributed by atoms with Gasteiger partial charge in [0.2, 0.25) is 11.9 Å². The van der Waals surface area contributed by atoms with E-state index in [1.165, 1.54) is 6.42 Å². The summed E-state index contributed by atoms with van der Waals surface area (Å²) in [6.45, 7) is 3.18. The highest BCUT2D eigenvalue weighted by Gasteiger charge is 2.44. The lowest BCUT2D eigenvalue weighted by atomic mass is 9.79. The summed E-state index contributed by atoms with van der Waals surface area (Å²) in [7, 11) is 0. The van der Waals surface area contributed by atoms with Crippen molar-refractivity contribution in [3.05, 3.63) is 30.7 Å². The van der Waals surface area contributed by atoms with Crippen molar-refractivity contribution in [3.8, 4) is 11.1 Å². The van der Waals surface area contributed by atoms with Crippen molar-refractivity contribution in [2.45, 2.75) is 37.6 Å². The molecule has 2 fully saturated rings. The molecule has 3 heterocycles. The van der Waals surface area contributed by atoms with Gasteiger partial charge in [-0.3, -0.25) is 9.69 Å². The Balaban J connectivity index is 1.42. The normalized spacial score (nSPS) is 20.1. The number of aromatic nitrogens is 3.